The lowest BCUT2D eigenvalue weighted by atomic mass is 10.0. The third-order valence-corrected chi connectivity index (χ3v) is 5.76. The number of halogens is 3. The normalized spacial score (nSPS) is 16.7. The molecule has 1 aliphatic heterocycles. The Hall–Kier alpha value is -1.93. The smallest absolute Gasteiger partial charge is 0.338 e. The fourth-order valence-corrected chi connectivity index (χ4v) is 4.14. The van der Waals surface area contributed by atoms with E-state index < -0.39 is 17.8 Å². The van der Waals surface area contributed by atoms with E-state index in [4.69, 9.17) is 0 Å². The predicted octanol–water partition coefficient (Wildman–Crippen LogP) is 4.00. The van der Waals surface area contributed by atoms with Gasteiger partial charge in [-0.2, -0.15) is 13.2 Å². The molecule has 1 aliphatic rings. The molecule has 3 rings (SSSR count). The number of amides is 1. The van der Waals surface area contributed by atoms with Gasteiger partial charge in [-0.15, -0.1) is 11.3 Å². The van der Waals surface area contributed by atoms with E-state index in [1.807, 2.05) is 7.05 Å². The first-order chi connectivity index (χ1) is 12.3. The van der Waals surface area contributed by atoms with Gasteiger partial charge >= 0.3 is 6.18 Å². The van der Waals surface area contributed by atoms with Gasteiger partial charge in [-0.25, -0.2) is 4.98 Å². The minimum absolute atomic E-state index is 0.0536. The van der Waals surface area contributed by atoms with Crippen LogP contribution in [0.5, 0.6) is 0 Å². The van der Waals surface area contributed by atoms with Crippen LogP contribution in [0.1, 0.15) is 28.2 Å². The van der Waals surface area contributed by atoms with Crippen molar-refractivity contribution in [3.63, 3.8) is 0 Å². The molecule has 0 atom stereocenters. The molecule has 1 amide bonds. The molecule has 0 saturated carbocycles. The molecule has 0 bridgehead atoms. The molecule has 0 unspecified atom stereocenters. The molecule has 1 saturated heterocycles. The standard InChI is InChI=1S/C18H20F3N3OS/c1-23-10-8-13(9-11-23)24(2)17(25)14-15(18(19,20)21)22-16(26-14)12-6-4-3-5-7-12/h3-7,13H,8-11H2,1-2H3. The van der Waals surface area contributed by atoms with Crippen molar-refractivity contribution in [3.8, 4) is 10.6 Å². The monoisotopic (exact) mass is 383 g/mol. The van der Waals surface area contributed by atoms with Gasteiger partial charge in [0.15, 0.2) is 5.69 Å². The number of carbonyl (C=O) groups is 1. The molecule has 1 fully saturated rings. The number of nitrogens with zero attached hydrogens (tertiary/aromatic N) is 3. The largest absolute Gasteiger partial charge is 0.435 e. The molecule has 0 radical (unpaired) electrons. The number of likely N-dealkylation sites (tertiary alicyclic amines) is 1. The molecular formula is C18H20F3N3OS. The Labute approximate surface area is 154 Å². The van der Waals surface area contributed by atoms with Crippen LogP contribution in [-0.4, -0.2) is 53.9 Å². The number of alkyl halides is 3. The van der Waals surface area contributed by atoms with E-state index in [9.17, 15) is 18.0 Å². The topological polar surface area (TPSA) is 36.4 Å². The third-order valence-electron chi connectivity index (χ3n) is 4.67. The molecule has 8 heteroatoms. The summed E-state index contributed by atoms with van der Waals surface area (Å²) in [4.78, 5) is 19.8. The lowest BCUT2D eigenvalue weighted by molar-refractivity contribution is -0.141. The first-order valence-corrected chi connectivity index (χ1v) is 9.18. The van der Waals surface area contributed by atoms with Crippen LogP contribution in [0.2, 0.25) is 0 Å². The van der Waals surface area contributed by atoms with Gasteiger partial charge in [-0.3, -0.25) is 4.79 Å². The summed E-state index contributed by atoms with van der Waals surface area (Å²) in [7, 11) is 3.58. The lowest BCUT2D eigenvalue weighted by Crippen LogP contribution is -2.44. The van der Waals surface area contributed by atoms with Gasteiger partial charge in [0.1, 0.15) is 9.88 Å². The summed E-state index contributed by atoms with van der Waals surface area (Å²) in [5.41, 5.74) is -0.518. The summed E-state index contributed by atoms with van der Waals surface area (Å²) >= 11 is 0.808. The van der Waals surface area contributed by atoms with Crippen LogP contribution < -0.4 is 0 Å². The van der Waals surface area contributed by atoms with Crippen LogP contribution in [0.3, 0.4) is 0 Å². The van der Waals surface area contributed by atoms with Gasteiger partial charge in [-0.05, 0) is 33.0 Å². The zero-order chi connectivity index (χ0) is 18.9. The summed E-state index contributed by atoms with van der Waals surface area (Å²) in [6.45, 7) is 1.65. The molecule has 1 aromatic heterocycles. The number of hydrogen-bond donors (Lipinski definition) is 0. The minimum Gasteiger partial charge on any atom is -0.338 e. The van der Waals surface area contributed by atoms with E-state index in [0.717, 1.165) is 37.3 Å². The Kier molecular flexibility index (Phi) is 5.34. The predicted molar refractivity (Wildman–Crippen MR) is 95.2 cm³/mol. The lowest BCUT2D eigenvalue weighted by Gasteiger charge is -2.35. The van der Waals surface area contributed by atoms with Gasteiger partial charge in [0.25, 0.3) is 5.91 Å². The molecule has 0 N–H and O–H groups in total. The Morgan fingerprint density at radius 2 is 1.85 bits per heavy atom. The quantitative estimate of drug-likeness (QED) is 0.804. The SMILES string of the molecule is CN1CCC(N(C)C(=O)c2sc(-c3ccccc3)nc2C(F)(F)F)CC1. The molecular weight excluding hydrogens is 363 g/mol. The van der Waals surface area contributed by atoms with Crippen molar-refractivity contribution >= 4 is 17.2 Å². The highest BCUT2D eigenvalue weighted by Gasteiger charge is 2.41. The summed E-state index contributed by atoms with van der Waals surface area (Å²) in [5.74, 6) is -0.605. The summed E-state index contributed by atoms with van der Waals surface area (Å²) in [6, 6.07) is 8.57. The highest BCUT2D eigenvalue weighted by Crippen LogP contribution is 2.38. The highest BCUT2D eigenvalue weighted by atomic mass is 32.1. The van der Waals surface area contributed by atoms with Crippen LogP contribution in [0.15, 0.2) is 30.3 Å². The number of piperidine rings is 1. The van der Waals surface area contributed by atoms with Crippen molar-refractivity contribution in [1.82, 2.24) is 14.8 Å². The first kappa shape index (κ1) is 18.8. The fraction of sp³-hybridized carbons (Fsp3) is 0.444. The van der Waals surface area contributed by atoms with Crippen molar-refractivity contribution < 1.29 is 18.0 Å². The van der Waals surface area contributed by atoms with Crippen LogP contribution in [0, 0.1) is 0 Å². The second-order valence-electron chi connectivity index (χ2n) is 6.51. The zero-order valence-electron chi connectivity index (χ0n) is 14.6. The second kappa shape index (κ2) is 7.36. The highest BCUT2D eigenvalue weighted by molar-refractivity contribution is 7.17. The third kappa shape index (κ3) is 3.91. The number of carbonyl (C=O) groups excluding carboxylic acids is 1. The van der Waals surface area contributed by atoms with Crippen molar-refractivity contribution in [1.29, 1.82) is 0 Å². The van der Waals surface area contributed by atoms with Crippen LogP contribution in [0.4, 0.5) is 13.2 Å². The molecule has 4 nitrogen and oxygen atoms in total. The molecule has 140 valence electrons. The van der Waals surface area contributed by atoms with Gasteiger partial charge in [0.05, 0.1) is 0 Å². The average Bonchev–Trinajstić information content (AvgIpc) is 3.08. The Morgan fingerprint density at radius 3 is 2.42 bits per heavy atom. The second-order valence-corrected chi connectivity index (χ2v) is 7.51. The summed E-state index contributed by atoms with van der Waals surface area (Å²) < 4.78 is 40.4. The van der Waals surface area contributed by atoms with E-state index >= 15 is 0 Å². The fourth-order valence-electron chi connectivity index (χ4n) is 3.07. The summed E-state index contributed by atoms with van der Waals surface area (Å²) in [5, 5.41) is 0.207. The number of thiazole rings is 1. The molecule has 26 heavy (non-hydrogen) atoms. The number of rotatable bonds is 3. The van der Waals surface area contributed by atoms with Crippen LogP contribution >= 0.6 is 11.3 Å². The molecule has 0 spiro atoms. The molecule has 2 heterocycles. The zero-order valence-corrected chi connectivity index (χ0v) is 15.4. The van der Waals surface area contributed by atoms with Gasteiger partial charge < -0.3 is 9.80 Å². The van der Waals surface area contributed by atoms with E-state index in [1.54, 1.807) is 37.4 Å². The Bertz CT molecular complexity index is 768. The van der Waals surface area contributed by atoms with Crippen LogP contribution in [-0.2, 0) is 6.18 Å². The minimum atomic E-state index is -4.66. The maximum Gasteiger partial charge on any atom is 0.435 e. The number of benzene rings is 1. The molecule has 0 aliphatic carbocycles. The Balaban J connectivity index is 1.92. The number of hydrogen-bond acceptors (Lipinski definition) is 4. The summed E-state index contributed by atoms with van der Waals surface area (Å²) in [6.07, 6.45) is -3.16. The maximum absolute atomic E-state index is 13.5. The van der Waals surface area contributed by atoms with Crippen LogP contribution in [0.25, 0.3) is 10.6 Å². The Morgan fingerprint density at radius 1 is 1.23 bits per heavy atom. The van der Waals surface area contributed by atoms with Gasteiger partial charge in [0, 0.05) is 18.7 Å². The maximum atomic E-state index is 13.5. The van der Waals surface area contributed by atoms with E-state index in [1.165, 1.54) is 4.90 Å². The van der Waals surface area contributed by atoms with Crippen molar-refractivity contribution in [2.24, 2.45) is 0 Å². The van der Waals surface area contributed by atoms with E-state index in [-0.39, 0.29) is 15.9 Å². The average molecular weight is 383 g/mol. The van der Waals surface area contributed by atoms with Crippen molar-refractivity contribution in [2.75, 3.05) is 27.2 Å². The van der Waals surface area contributed by atoms with Crippen molar-refractivity contribution in [3.05, 3.63) is 40.9 Å². The van der Waals surface area contributed by atoms with E-state index in [0.29, 0.717) is 5.56 Å². The van der Waals surface area contributed by atoms with Gasteiger partial charge in [-0.1, -0.05) is 30.3 Å². The van der Waals surface area contributed by atoms with Gasteiger partial charge in [0.2, 0.25) is 0 Å². The molecule has 2 aromatic rings. The molecule has 1 aromatic carbocycles. The van der Waals surface area contributed by atoms with E-state index in [2.05, 4.69) is 9.88 Å². The van der Waals surface area contributed by atoms with Crippen molar-refractivity contribution in [2.45, 2.75) is 25.1 Å². The first-order valence-electron chi connectivity index (χ1n) is 8.36. The number of aromatic nitrogens is 1.